The van der Waals surface area contributed by atoms with Gasteiger partial charge in [-0.15, -0.1) is 0 Å². The summed E-state index contributed by atoms with van der Waals surface area (Å²) in [5, 5.41) is 10.7. The molecule has 0 amide bonds. The maximum atomic E-state index is 12.2. The van der Waals surface area contributed by atoms with E-state index in [1.807, 2.05) is 18.2 Å². The zero-order chi connectivity index (χ0) is 18.4. The van der Waals surface area contributed by atoms with Gasteiger partial charge in [0.25, 0.3) is 5.69 Å². The van der Waals surface area contributed by atoms with Crippen LogP contribution in [-0.2, 0) is 20.9 Å². The first kappa shape index (κ1) is 18.4. The number of nitrogens with zero attached hydrogens (tertiary/aromatic N) is 1. The van der Waals surface area contributed by atoms with Gasteiger partial charge < -0.3 is 4.74 Å². The van der Waals surface area contributed by atoms with Crippen LogP contribution in [0.25, 0.3) is 6.08 Å². The van der Waals surface area contributed by atoms with Crippen LogP contribution in [0, 0.1) is 10.1 Å². The smallest absolute Gasteiger partial charge is 0.342 e. The molecule has 2 rings (SSSR count). The number of halogens is 1. The minimum absolute atomic E-state index is 0.0330. The highest BCUT2D eigenvalue weighted by molar-refractivity contribution is 6.32. The van der Waals surface area contributed by atoms with Crippen LogP contribution in [0.5, 0.6) is 0 Å². The fourth-order valence-electron chi connectivity index (χ4n) is 2.03. The number of hydrogen-bond donors (Lipinski definition) is 0. The second kappa shape index (κ2) is 8.21. The van der Waals surface area contributed by atoms with Gasteiger partial charge in [0.15, 0.2) is 5.78 Å². The minimum atomic E-state index is -0.772. The Morgan fingerprint density at radius 3 is 2.44 bits per heavy atom. The fraction of sp³-hybridized carbons (Fsp3) is 0.111. The molecule has 0 unspecified atom stereocenters. The number of hydrogen-bond acceptors (Lipinski definition) is 5. The number of carbonyl (C=O) groups excluding carboxylic acids is 2. The molecule has 0 aromatic heterocycles. The number of benzene rings is 2. The van der Waals surface area contributed by atoms with E-state index < -0.39 is 16.7 Å². The number of rotatable bonds is 6. The van der Waals surface area contributed by atoms with Crippen molar-refractivity contribution >= 4 is 35.1 Å². The summed E-state index contributed by atoms with van der Waals surface area (Å²) in [6.45, 7) is 1.27. The molecule has 7 heteroatoms. The number of esters is 1. The van der Waals surface area contributed by atoms with E-state index in [0.29, 0.717) is 5.56 Å². The van der Waals surface area contributed by atoms with Crippen LogP contribution in [0.3, 0.4) is 0 Å². The molecule has 0 saturated heterocycles. The Balaban J connectivity index is 2.20. The SMILES string of the molecule is CC(=O)C(=Cc1ccc([N+](=O)[O-])c(Cl)c1)C(=O)OCc1ccccc1. The third kappa shape index (κ3) is 4.99. The first-order chi connectivity index (χ1) is 11.9. The van der Waals surface area contributed by atoms with Crippen molar-refractivity contribution in [3.05, 3.63) is 80.4 Å². The zero-order valence-electron chi connectivity index (χ0n) is 13.3. The van der Waals surface area contributed by atoms with Crippen LogP contribution in [0.2, 0.25) is 5.02 Å². The van der Waals surface area contributed by atoms with Gasteiger partial charge in [-0.2, -0.15) is 0 Å². The molecule has 0 fully saturated rings. The minimum Gasteiger partial charge on any atom is -0.457 e. The lowest BCUT2D eigenvalue weighted by molar-refractivity contribution is -0.384. The van der Waals surface area contributed by atoms with Crippen molar-refractivity contribution in [2.45, 2.75) is 13.5 Å². The van der Waals surface area contributed by atoms with Crippen molar-refractivity contribution in [1.29, 1.82) is 0 Å². The molecule has 0 radical (unpaired) electrons. The Hall–Kier alpha value is -2.99. The molecular formula is C18H14ClNO5. The highest BCUT2D eigenvalue weighted by Gasteiger charge is 2.18. The summed E-state index contributed by atoms with van der Waals surface area (Å²) >= 11 is 5.84. The van der Waals surface area contributed by atoms with Crippen LogP contribution < -0.4 is 0 Å². The molecule has 0 aliphatic carbocycles. The number of nitro benzene ring substituents is 1. The van der Waals surface area contributed by atoms with E-state index in [4.69, 9.17) is 16.3 Å². The summed E-state index contributed by atoms with van der Waals surface area (Å²) < 4.78 is 5.15. The van der Waals surface area contributed by atoms with Crippen molar-refractivity contribution in [3.8, 4) is 0 Å². The molecule has 0 saturated carbocycles. The van der Waals surface area contributed by atoms with E-state index in [2.05, 4.69) is 0 Å². The molecule has 2 aromatic carbocycles. The Kier molecular flexibility index (Phi) is 6.03. The second-order valence-corrected chi connectivity index (χ2v) is 5.55. The van der Waals surface area contributed by atoms with Gasteiger partial charge in [-0.1, -0.05) is 41.9 Å². The number of Topliss-reactive ketones (excluding diaryl/α,β-unsaturated/α-hetero) is 1. The average molecular weight is 360 g/mol. The predicted molar refractivity (Wildman–Crippen MR) is 93.0 cm³/mol. The molecule has 0 heterocycles. The van der Waals surface area contributed by atoms with E-state index in [1.54, 1.807) is 12.1 Å². The average Bonchev–Trinajstić information content (AvgIpc) is 2.58. The molecule has 6 nitrogen and oxygen atoms in total. The number of nitro groups is 1. The van der Waals surface area contributed by atoms with Gasteiger partial charge in [0.1, 0.15) is 17.2 Å². The third-order valence-electron chi connectivity index (χ3n) is 3.29. The Labute approximate surface area is 148 Å². The van der Waals surface area contributed by atoms with Crippen molar-refractivity contribution in [1.82, 2.24) is 0 Å². The normalized spacial score (nSPS) is 11.0. The lowest BCUT2D eigenvalue weighted by Gasteiger charge is -2.07. The molecule has 128 valence electrons. The molecule has 0 bridgehead atoms. The molecule has 0 spiro atoms. The lowest BCUT2D eigenvalue weighted by atomic mass is 10.1. The second-order valence-electron chi connectivity index (χ2n) is 5.14. The highest BCUT2D eigenvalue weighted by atomic mass is 35.5. The lowest BCUT2D eigenvalue weighted by Crippen LogP contribution is -2.13. The molecule has 0 N–H and O–H groups in total. The monoisotopic (exact) mass is 359 g/mol. The van der Waals surface area contributed by atoms with Crippen molar-refractivity contribution in [2.24, 2.45) is 0 Å². The summed E-state index contributed by atoms with van der Waals surface area (Å²) in [6, 6.07) is 13.0. The van der Waals surface area contributed by atoms with Crippen molar-refractivity contribution in [3.63, 3.8) is 0 Å². The highest BCUT2D eigenvalue weighted by Crippen LogP contribution is 2.26. The van der Waals surface area contributed by atoms with Gasteiger partial charge in [-0.25, -0.2) is 4.79 Å². The van der Waals surface area contributed by atoms with Crippen molar-refractivity contribution in [2.75, 3.05) is 0 Å². The maximum Gasteiger partial charge on any atom is 0.342 e. The number of carbonyl (C=O) groups is 2. The fourth-order valence-corrected chi connectivity index (χ4v) is 2.29. The van der Waals surface area contributed by atoms with E-state index in [0.717, 1.165) is 5.56 Å². The Bertz CT molecular complexity index is 846. The summed E-state index contributed by atoms with van der Waals surface area (Å²) in [7, 11) is 0. The van der Waals surface area contributed by atoms with Gasteiger partial charge in [-0.3, -0.25) is 14.9 Å². The quantitative estimate of drug-likeness (QED) is 0.194. The van der Waals surface area contributed by atoms with E-state index in [9.17, 15) is 19.7 Å². The largest absolute Gasteiger partial charge is 0.457 e. The van der Waals surface area contributed by atoms with Crippen LogP contribution >= 0.6 is 11.6 Å². The maximum absolute atomic E-state index is 12.2. The van der Waals surface area contributed by atoms with E-state index >= 15 is 0 Å². The first-order valence-electron chi connectivity index (χ1n) is 7.26. The zero-order valence-corrected chi connectivity index (χ0v) is 14.0. The van der Waals surface area contributed by atoms with E-state index in [1.165, 1.54) is 31.2 Å². The van der Waals surface area contributed by atoms with Crippen LogP contribution in [0.4, 0.5) is 5.69 Å². The summed E-state index contributed by atoms with van der Waals surface area (Å²) in [6.07, 6.45) is 1.30. The van der Waals surface area contributed by atoms with Crippen LogP contribution in [0.15, 0.2) is 54.1 Å². The summed E-state index contributed by atoms with van der Waals surface area (Å²) in [4.78, 5) is 34.1. The van der Waals surface area contributed by atoms with Gasteiger partial charge in [0.05, 0.1) is 4.92 Å². The topological polar surface area (TPSA) is 86.5 Å². The summed E-state index contributed by atoms with van der Waals surface area (Å²) in [5.74, 6) is -1.25. The Morgan fingerprint density at radius 2 is 1.88 bits per heavy atom. The van der Waals surface area contributed by atoms with Crippen LogP contribution in [0.1, 0.15) is 18.1 Å². The first-order valence-corrected chi connectivity index (χ1v) is 7.64. The predicted octanol–water partition coefficient (Wildman–Crippen LogP) is 3.96. The van der Waals surface area contributed by atoms with Gasteiger partial charge in [0, 0.05) is 6.07 Å². The van der Waals surface area contributed by atoms with Gasteiger partial charge >= 0.3 is 5.97 Å². The number of ether oxygens (including phenoxy) is 1. The molecule has 0 aliphatic heterocycles. The standard InChI is InChI=1S/C18H14ClNO5/c1-12(21)15(18(22)25-11-13-5-3-2-4-6-13)9-14-7-8-17(20(23)24)16(19)10-14/h2-10H,11H2,1H3. The van der Waals surface area contributed by atoms with Gasteiger partial charge in [-0.05, 0) is 36.3 Å². The van der Waals surface area contributed by atoms with Gasteiger partial charge in [0.2, 0.25) is 0 Å². The molecule has 0 aliphatic rings. The third-order valence-corrected chi connectivity index (χ3v) is 3.59. The molecule has 0 atom stereocenters. The molecule has 2 aromatic rings. The molecule has 25 heavy (non-hydrogen) atoms. The molecular weight excluding hydrogens is 346 g/mol. The van der Waals surface area contributed by atoms with Crippen LogP contribution in [-0.4, -0.2) is 16.7 Å². The van der Waals surface area contributed by atoms with E-state index in [-0.39, 0.29) is 22.9 Å². The Morgan fingerprint density at radius 1 is 1.20 bits per heavy atom. The number of ketones is 1. The summed E-state index contributed by atoms with van der Waals surface area (Å²) in [5.41, 5.74) is 0.755. The van der Waals surface area contributed by atoms with Crippen molar-refractivity contribution < 1.29 is 19.2 Å².